The van der Waals surface area contributed by atoms with Gasteiger partial charge in [-0.05, 0) is 46.5 Å². The SMILES string of the molecule is Oc1ccc(-c2ccccc2)c(-[n+]2ccc(-c3cc[n+](-c4cc(O)ccc4-c4ccccc4)cc3)cc2)c1. The first-order chi connectivity index (χ1) is 18.7. The highest BCUT2D eigenvalue weighted by Gasteiger charge is 2.18. The molecule has 0 aliphatic heterocycles. The number of phenolic OH excluding ortho intramolecular Hbond substituents is 2. The first kappa shape index (κ1) is 23.2. The quantitative estimate of drug-likeness (QED) is 0.264. The van der Waals surface area contributed by atoms with Gasteiger partial charge >= 0.3 is 0 Å². The number of hydrogen-bond donors (Lipinski definition) is 2. The van der Waals surface area contributed by atoms with Crippen LogP contribution in [0.25, 0.3) is 44.8 Å². The Morgan fingerprint density at radius 1 is 0.368 bits per heavy atom. The third kappa shape index (κ3) is 4.63. The Kier molecular flexibility index (Phi) is 6.12. The minimum Gasteiger partial charge on any atom is -0.508 e. The van der Waals surface area contributed by atoms with Crippen molar-refractivity contribution >= 4 is 0 Å². The molecule has 0 saturated heterocycles. The molecule has 0 radical (unpaired) electrons. The van der Waals surface area contributed by atoms with E-state index in [2.05, 4.69) is 48.5 Å². The zero-order valence-corrected chi connectivity index (χ0v) is 20.6. The molecule has 2 aromatic heterocycles. The van der Waals surface area contributed by atoms with E-state index in [1.54, 1.807) is 24.3 Å². The fourth-order valence-electron chi connectivity index (χ4n) is 4.75. The van der Waals surface area contributed by atoms with E-state index in [1.165, 1.54) is 0 Å². The van der Waals surface area contributed by atoms with Gasteiger partial charge in [-0.2, -0.15) is 9.13 Å². The molecule has 0 aliphatic carbocycles. The summed E-state index contributed by atoms with van der Waals surface area (Å²) in [7, 11) is 0. The first-order valence-corrected chi connectivity index (χ1v) is 12.5. The number of rotatable bonds is 5. The van der Waals surface area contributed by atoms with Crippen molar-refractivity contribution in [1.29, 1.82) is 0 Å². The van der Waals surface area contributed by atoms with Crippen LogP contribution in [0.3, 0.4) is 0 Å². The molecule has 6 rings (SSSR count). The molecule has 2 heterocycles. The van der Waals surface area contributed by atoms with Crippen molar-refractivity contribution < 1.29 is 19.3 Å². The van der Waals surface area contributed by atoms with E-state index in [9.17, 15) is 10.2 Å². The molecule has 0 atom stereocenters. The lowest BCUT2D eigenvalue weighted by Gasteiger charge is -2.08. The number of hydrogen-bond acceptors (Lipinski definition) is 2. The topological polar surface area (TPSA) is 48.2 Å². The van der Waals surface area contributed by atoms with E-state index < -0.39 is 0 Å². The monoisotopic (exact) mass is 494 g/mol. The summed E-state index contributed by atoms with van der Waals surface area (Å²) in [6.45, 7) is 0. The van der Waals surface area contributed by atoms with Gasteiger partial charge in [-0.25, -0.2) is 0 Å². The predicted octanol–water partition coefficient (Wildman–Crippen LogP) is 6.65. The van der Waals surface area contributed by atoms with Crippen LogP contribution in [0.4, 0.5) is 0 Å². The van der Waals surface area contributed by atoms with Crippen molar-refractivity contribution in [2.24, 2.45) is 0 Å². The van der Waals surface area contributed by atoms with Crippen LogP contribution >= 0.6 is 0 Å². The molecule has 38 heavy (non-hydrogen) atoms. The van der Waals surface area contributed by atoms with Crippen LogP contribution in [-0.4, -0.2) is 10.2 Å². The lowest BCUT2D eigenvalue weighted by Crippen LogP contribution is -2.30. The lowest BCUT2D eigenvalue weighted by molar-refractivity contribution is -0.595. The van der Waals surface area contributed by atoms with Gasteiger partial charge in [0, 0.05) is 24.3 Å². The molecule has 0 fully saturated rings. The Bertz CT molecular complexity index is 1570. The van der Waals surface area contributed by atoms with Gasteiger partial charge in [0.05, 0.1) is 23.3 Å². The van der Waals surface area contributed by atoms with Crippen LogP contribution in [0, 0.1) is 0 Å². The smallest absolute Gasteiger partial charge is 0.222 e. The summed E-state index contributed by atoms with van der Waals surface area (Å²) in [4.78, 5) is 0. The normalized spacial score (nSPS) is 10.8. The van der Waals surface area contributed by atoms with Gasteiger partial charge in [-0.3, -0.25) is 0 Å². The molecular formula is C34H26N2O2+2. The van der Waals surface area contributed by atoms with Crippen LogP contribution in [0.5, 0.6) is 11.5 Å². The molecule has 182 valence electrons. The van der Waals surface area contributed by atoms with Crippen molar-refractivity contribution in [2.45, 2.75) is 0 Å². The summed E-state index contributed by atoms with van der Waals surface area (Å²) >= 11 is 0. The first-order valence-electron chi connectivity index (χ1n) is 12.5. The predicted molar refractivity (Wildman–Crippen MR) is 149 cm³/mol. The Morgan fingerprint density at radius 2 is 0.737 bits per heavy atom. The lowest BCUT2D eigenvalue weighted by atomic mass is 10.0. The zero-order valence-electron chi connectivity index (χ0n) is 20.6. The summed E-state index contributed by atoms with van der Waals surface area (Å²) in [5, 5.41) is 20.4. The number of nitrogens with zero attached hydrogens (tertiary/aromatic N) is 2. The zero-order chi connectivity index (χ0) is 25.9. The van der Waals surface area contributed by atoms with Crippen LogP contribution in [0.2, 0.25) is 0 Å². The maximum atomic E-state index is 10.2. The second-order valence-electron chi connectivity index (χ2n) is 9.12. The molecule has 0 amide bonds. The molecule has 0 aliphatic rings. The second-order valence-corrected chi connectivity index (χ2v) is 9.12. The number of benzene rings is 4. The molecular weight excluding hydrogens is 468 g/mol. The van der Waals surface area contributed by atoms with Crippen molar-refractivity contribution in [3.8, 4) is 56.3 Å². The van der Waals surface area contributed by atoms with Crippen molar-refractivity contribution in [2.75, 3.05) is 0 Å². The van der Waals surface area contributed by atoms with E-state index in [4.69, 9.17) is 0 Å². The van der Waals surface area contributed by atoms with E-state index in [0.29, 0.717) is 0 Å². The Balaban J connectivity index is 1.32. The van der Waals surface area contributed by atoms with Gasteiger partial charge in [0.2, 0.25) is 11.4 Å². The van der Waals surface area contributed by atoms with Crippen LogP contribution in [-0.2, 0) is 0 Å². The molecule has 4 aromatic carbocycles. The van der Waals surface area contributed by atoms with Crippen molar-refractivity contribution in [3.63, 3.8) is 0 Å². The molecule has 0 spiro atoms. The molecule has 6 aromatic rings. The largest absolute Gasteiger partial charge is 0.508 e. The molecule has 4 nitrogen and oxygen atoms in total. The minimum absolute atomic E-state index is 0.227. The summed E-state index contributed by atoms with van der Waals surface area (Å²) in [5.74, 6) is 0.455. The average molecular weight is 495 g/mol. The molecule has 2 N–H and O–H groups in total. The van der Waals surface area contributed by atoms with E-state index in [-0.39, 0.29) is 11.5 Å². The Labute approximate surface area is 221 Å². The van der Waals surface area contributed by atoms with E-state index in [1.807, 2.05) is 82.5 Å². The number of phenols is 2. The second kappa shape index (κ2) is 10.0. The van der Waals surface area contributed by atoms with E-state index in [0.717, 1.165) is 44.8 Å². The number of aromatic nitrogens is 2. The fraction of sp³-hybridized carbons (Fsp3) is 0. The highest BCUT2D eigenvalue weighted by atomic mass is 16.3. The molecule has 0 bridgehead atoms. The van der Waals surface area contributed by atoms with Crippen molar-refractivity contribution in [3.05, 3.63) is 146 Å². The third-order valence-corrected chi connectivity index (χ3v) is 6.68. The molecule has 4 heteroatoms. The fourth-order valence-corrected chi connectivity index (χ4v) is 4.75. The molecule has 0 saturated carbocycles. The van der Waals surface area contributed by atoms with Crippen molar-refractivity contribution in [1.82, 2.24) is 0 Å². The van der Waals surface area contributed by atoms with Gasteiger partial charge in [0.15, 0.2) is 24.8 Å². The summed E-state index contributed by atoms with van der Waals surface area (Å²) in [6.07, 6.45) is 8.06. The average Bonchev–Trinajstić information content (AvgIpc) is 2.98. The summed E-state index contributed by atoms with van der Waals surface area (Å²) in [5.41, 5.74) is 8.24. The Morgan fingerprint density at radius 3 is 1.11 bits per heavy atom. The van der Waals surface area contributed by atoms with Gasteiger partial charge in [0.1, 0.15) is 11.5 Å². The van der Waals surface area contributed by atoms with Crippen LogP contribution < -0.4 is 9.13 Å². The number of pyridine rings is 2. The standard InChI is InChI=1S/C34H24N2O2/c37-29-11-13-31(27-7-3-1-4-8-27)33(23-29)35-19-15-25(16-20-35)26-17-21-36(22-18-26)34-24-30(38)12-14-32(34)28-9-5-2-6-10-28/h1-24H/p+2. The van der Waals surface area contributed by atoms with Gasteiger partial charge in [0.25, 0.3) is 0 Å². The summed E-state index contributed by atoms with van der Waals surface area (Å²) < 4.78 is 4.04. The number of aromatic hydroxyl groups is 2. The molecule has 0 unspecified atom stereocenters. The van der Waals surface area contributed by atoms with Gasteiger partial charge in [-0.15, -0.1) is 0 Å². The summed E-state index contributed by atoms with van der Waals surface area (Å²) in [6, 6.07) is 39.5. The van der Waals surface area contributed by atoms with Crippen LogP contribution in [0.1, 0.15) is 0 Å². The maximum Gasteiger partial charge on any atom is 0.222 e. The minimum atomic E-state index is 0.227. The third-order valence-electron chi connectivity index (χ3n) is 6.68. The Hall–Kier alpha value is -5.22. The van der Waals surface area contributed by atoms with E-state index >= 15 is 0 Å². The maximum absolute atomic E-state index is 10.2. The highest BCUT2D eigenvalue weighted by Crippen LogP contribution is 2.29. The van der Waals surface area contributed by atoms with Gasteiger partial charge < -0.3 is 10.2 Å². The highest BCUT2D eigenvalue weighted by molar-refractivity contribution is 5.72. The van der Waals surface area contributed by atoms with Gasteiger partial charge in [-0.1, -0.05) is 60.7 Å². The van der Waals surface area contributed by atoms with Crippen LogP contribution in [0.15, 0.2) is 146 Å².